The predicted octanol–water partition coefficient (Wildman–Crippen LogP) is 4.35. The minimum atomic E-state index is -0.123. The molecule has 0 aliphatic carbocycles. The van der Waals surface area contributed by atoms with Crippen LogP contribution < -0.4 is 4.74 Å². The van der Waals surface area contributed by atoms with E-state index in [1.165, 1.54) is 10.4 Å². The van der Waals surface area contributed by atoms with Gasteiger partial charge in [0.05, 0.1) is 13.0 Å². The lowest BCUT2D eigenvalue weighted by Crippen LogP contribution is -2.47. The summed E-state index contributed by atoms with van der Waals surface area (Å²) in [6, 6.07) is 13.7. The van der Waals surface area contributed by atoms with Gasteiger partial charge < -0.3 is 14.5 Å². The molecule has 0 radical (unpaired) electrons. The first kappa shape index (κ1) is 20.1. The molecule has 6 heteroatoms. The average Bonchev–Trinajstić information content (AvgIpc) is 3.30. The predicted molar refractivity (Wildman–Crippen MR) is 123 cm³/mol. The van der Waals surface area contributed by atoms with Gasteiger partial charge >= 0.3 is 0 Å². The monoisotopic (exact) mass is 434 g/mol. The summed E-state index contributed by atoms with van der Waals surface area (Å²) < 4.78 is 5.47. The summed E-state index contributed by atoms with van der Waals surface area (Å²) in [7, 11) is 1.64. The molecule has 1 saturated heterocycles. The third kappa shape index (κ3) is 3.69. The fraction of sp³-hybridized carbons (Fsp3) is 0.360. The number of likely N-dealkylation sites (tertiary alicyclic amines) is 1. The van der Waals surface area contributed by atoms with Crippen molar-refractivity contribution >= 4 is 33.9 Å². The molecule has 31 heavy (non-hydrogen) atoms. The van der Waals surface area contributed by atoms with E-state index in [2.05, 4.69) is 11.4 Å². The zero-order valence-corrected chi connectivity index (χ0v) is 18.5. The normalized spacial score (nSPS) is 18.7. The standard InChI is InChI=1S/C25H26N2O3S/c1-30-22-9-8-21(19-6-2-3-7-20(19)22)25(29)26-12-4-5-18(16-26)24(28)27-13-10-23-17(15-27)11-14-31-23/h2-3,6-9,11,14,18H,4-5,10,12-13,15-16H2,1H3. The van der Waals surface area contributed by atoms with Gasteiger partial charge in [0.15, 0.2) is 0 Å². The number of fused-ring (bicyclic) bond motifs is 2. The maximum absolute atomic E-state index is 13.4. The van der Waals surface area contributed by atoms with Crippen molar-refractivity contribution in [2.75, 3.05) is 26.7 Å². The number of hydrogen-bond acceptors (Lipinski definition) is 4. The van der Waals surface area contributed by atoms with Crippen molar-refractivity contribution in [2.24, 2.45) is 5.92 Å². The van der Waals surface area contributed by atoms with Crippen molar-refractivity contribution in [1.29, 1.82) is 0 Å². The van der Waals surface area contributed by atoms with Gasteiger partial charge in [0, 0.05) is 42.0 Å². The van der Waals surface area contributed by atoms with E-state index in [-0.39, 0.29) is 17.7 Å². The fourth-order valence-electron chi connectivity index (χ4n) is 4.86. The zero-order chi connectivity index (χ0) is 21.4. The molecule has 2 aromatic carbocycles. The molecule has 1 unspecified atom stereocenters. The summed E-state index contributed by atoms with van der Waals surface area (Å²) in [6.45, 7) is 2.66. The van der Waals surface area contributed by atoms with Gasteiger partial charge in [-0.2, -0.15) is 0 Å². The maximum atomic E-state index is 13.4. The topological polar surface area (TPSA) is 49.9 Å². The quantitative estimate of drug-likeness (QED) is 0.616. The Hall–Kier alpha value is -2.86. The van der Waals surface area contributed by atoms with Gasteiger partial charge in [0.1, 0.15) is 5.75 Å². The van der Waals surface area contributed by atoms with Crippen LogP contribution in [0.2, 0.25) is 0 Å². The summed E-state index contributed by atoms with van der Waals surface area (Å²) in [5, 5.41) is 3.93. The molecule has 2 amide bonds. The Morgan fingerprint density at radius 1 is 1.03 bits per heavy atom. The molecule has 2 aliphatic heterocycles. The zero-order valence-electron chi connectivity index (χ0n) is 17.7. The molecule has 1 atom stereocenters. The molecule has 0 N–H and O–H groups in total. The Kier molecular flexibility index (Phi) is 5.40. The van der Waals surface area contributed by atoms with E-state index in [0.717, 1.165) is 42.3 Å². The highest BCUT2D eigenvalue weighted by Gasteiger charge is 2.33. The third-order valence-electron chi connectivity index (χ3n) is 6.51. The SMILES string of the molecule is COc1ccc(C(=O)N2CCCC(C(=O)N3CCc4sccc4C3)C2)c2ccccc12. The van der Waals surface area contributed by atoms with Crippen LogP contribution >= 0.6 is 11.3 Å². The van der Waals surface area contributed by atoms with E-state index >= 15 is 0 Å². The van der Waals surface area contributed by atoms with E-state index in [4.69, 9.17) is 4.74 Å². The average molecular weight is 435 g/mol. The van der Waals surface area contributed by atoms with Crippen LogP contribution in [0.15, 0.2) is 47.8 Å². The van der Waals surface area contributed by atoms with Crippen LogP contribution in [-0.2, 0) is 17.8 Å². The lowest BCUT2D eigenvalue weighted by molar-refractivity contribution is -0.137. The highest BCUT2D eigenvalue weighted by Crippen LogP contribution is 2.31. The van der Waals surface area contributed by atoms with Crippen LogP contribution in [0.4, 0.5) is 0 Å². The van der Waals surface area contributed by atoms with Crippen molar-refractivity contribution in [3.05, 3.63) is 63.8 Å². The van der Waals surface area contributed by atoms with Crippen molar-refractivity contribution < 1.29 is 14.3 Å². The smallest absolute Gasteiger partial charge is 0.254 e. The second-order valence-corrected chi connectivity index (χ2v) is 9.33. The molecule has 0 spiro atoms. The van der Waals surface area contributed by atoms with Gasteiger partial charge in [0.2, 0.25) is 5.91 Å². The minimum Gasteiger partial charge on any atom is -0.496 e. The number of ether oxygens (including phenoxy) is 1. The van der Waals surface area contributed by atoms with E-state index < -0.39 is 0 Å². The Morgan fingerprint density at radius 2 is 1.87 bits per heavy atom. The first-order valence-corrected chi connectivity index (χ1v) is 11.7. The number of carbonyl (C=O) groups is 2. The highest BCUT2D eigenvalue weighted by molar-refractivity contribution is 7.10. The molecule has 0 bridgehead atoms. The Labute approximate surface area is 186 Å². The molecule has 2 aliphatic rings. The van der Waals surface area contributed by atoms with E-state index in [1.807, 2.05) is 46.2 Å². The molecule has 160 valence electrons. The van der Waals surface area contributed by atoms with E-state index in [0.29, 0.717) is 25.2 Å². The fourth-order valence-corrected chi connectivity index (χ4v) is 5.75. The second-order valence-electron chi connectivity index (χ2n) is 8.33. The Balaban J connectivity index is 1.34. The molecule has 1 aromatic heterocycles. The number of benzene rings is 2. The van der Waals surface area contributed by atoms with E-state index in [9.17, 15) is 9.59 Å². The van der Waals surface area contributed by atoms with Gasteiger partial charge in [-0.25, -0.2) is 0 Å². The third-order valence-corrected chi connectivity index (χ3v) is 7.53. The number of piperidine rings is 1. The number of thiophene rings is 1. The lowest BCUT2D eigenvalue weighted by atomic mass is 9.94. The number of hydrogen-bond donors (Lipinski definition) is 0. The van der Waals surface area contributed by atoms with Crippen molar-refractivity contribution in [3.63, 3.8) is 0 Å². The van der Waals surface area contributed by atoms with Crippen LogP contribution in [0.1, 0.15) is 33.6 Å². The molecule has 5 rings (SSSR count). The largest absolute Gasteiger partial charge is 0.496 e. The highest BCUT2D eigenvalue weighted by atomic mass is 32.1. The summed E-state index contributed by atoms with van der Waals surface area (Å²) in [4.78, 5) is 32.0. The van der Waals surface area contributed by atoms with Gasteiger partial charge in [0.25, 0.3) is 5.91 Å². The number of rotatable bonds is 3. The second kappa shape index (κ2) is 8.35. The molecule has 0 saturated carbocycles. The number of nitrogens with zero attached hydrogens (tertiary/aromatic N) is 2. The van der Waals surface area contributed by atoms with Crippen LogP contribution in [-0.4, -0.2) is 48.4 Å². The molecule has 5 nitrogen and oxygen atoms in total. The van der Waals surface area contributed by atoms with Crippen molar-refractivity contribution in [1.82, 2.24) is 9.80 Å². The summed E-state index contributed by atoms with van der Waals surface area (Å²) in [5.41, 5.74) is 1.95. The van der Waals surface area contributed by atoms with Gasteiger partial charge in [-0.15, -0.1) is 11.3 Å². The summed E-state index contributed by atoms with van der Waals surface area (Å²) in [6.07, 6.45) is 2.64. The molecule has 3 heterocycles. The molecular weight excluding hydrogens is 408 g/mol. The maximum Gasteiger partial charge on any atom is 0.254 e. The van der Waals surface area contributed by atoms with Gasteiger partial charge in [-0.05, 0) is 53.8 Å². The molecular formula is C25H26N2O3S. The van der Waals surface area contributed by atoms with Crippen molar-refractivity contribution in [2.45, 2.75) is 25.8 Å². The van der Waals surface area contributed by atoms with Crippen LogP contribution in [0.5, 0.6) is 5.75 Å². The summed E-state index contributed by atoms with van der Waals surface area (Å²) >= 11 is 1.78. The molecule has 3 aromatic rings. The minimum absolute atomic E-state index is 0.00452. The van der Waals surface area contributed by atoms with Crippen LogP contribution in [0.25, 0.3) is 10.8 Å². The summed E-state index contributed by atoms with van der Waals surface area (Å²) in [5.74, 6) is 0.822. The van der Waals surface area contributed by atoms with Crippen molar-refractivity contribution in [3.8, 4) is 5.75 Å². The van der Waals surface area contributed by atoms with Gasteiger partial charge in [-0.3, -0.25) is 9.59 Å². The van der Waals surface area contributed by atoms with E-state index in [1.54, 1.807) is 18.4 Å². The number of methoxy groups -OCH3 is 1. The Bertz CT molecular complexity index is 1140. The number of amides is 2. The number of carbonyl (C=O) groups excluding carboxylic acids is 2. The lowest BCUT2D eigenvalue weighted by Gasteiger charge is -2.36. The van der Waals surface area contributed by atoms with Gasteiger partial charge in [-0.1, -0.05) is 24.3 Å². The molecule has 1 fully saturated rings. The first-order valence-electron chi connectivity index (χ1n) is 10.8. The van der Waals surface area contributed by atoms with Crippen LogP contribution in [0, 0.1) is 5.92 Å². The Morgan fingerprint density at radius 3 is 2.71 bits per heavy atom. The van der Waals surface area contributed by atoms with Crippen LogP contribution in [0.3, 0.4) is 0 Å². The first-order chi connectivity index (χ1) is 15.2.